The highest BCUT2D eigenvalue weighted by atomic mass is 16.5. The van der Waals surface area contributed by atoms with Crippen molar-refractivity contribution in [2.75, 3.05) is 0 Å². The molecule has 1 heterocycles. The number of ether oxygens (including phenoxy) is 1. The molecule has 0 bridgehead atoms. The third-order valence-electron chi connectivity index (χ3n) is 3.62. The van der Waals surface area contributed by atoms with Crippen LogP contribution in [0.4, 0.5) is 0 Å². The first-order valence-corrected chi connectivity index (χ1v) is 7.30. The Morgan fingerprint density at radius 1 is 1.24 bits per heavy atom. The van der Waals surface area contributed by atoms with E-state index in [1.54, 1.807) is 0 Å². The summed E-state index contributed by atoms with van der Waals surface area (Å²) >= 11 is 0. The number of carbonyl (C=O) groups is 1. The zero-order valence-corrected chi connectivity index (χ0v) is 12.7. The van der Waals surface area contributed by atoms with Crippen molar-refractivity contribution >= 4 is 5.97 Å². The largest absolute Gasteiger partial charge is 0.456 e. The molecule has 2 aromatic rings. The lowest BCUT2D eigenvalue weighted by molar-refractivity contribution is 0.0464. The highest BCUT2D eigenvalue weighted by Crippen LogP contribution is 2.18. The van der Waals surface area contributed by atoms with Gasteiger partial charge in [0.15, 0.2) is 5.69 Å². The van der Waals surface area contributed by atoms with Gasteiger partial charge in [-0.05, 0) is 25.3 Å². The molecular weight excluding hydrogens is 266 g/mol. The second kappa shape index (κ2) is 7.02. The minimum absolute atomic E-state index is 0.247. The van der Waals surface area contributed by atoms with Crippen LogP contribution in [0.5, 0.6) is 0 Å². The minimum Gasteiger partial charge on any atom is -0.456 e. The van der Waals surface area contributed by atoms with E-state index >= 15 is 0 Å². The van der Waals surface area contributed by atoms with Gasteiger partial charge >= 0.3 is 5.97 Å². The first kappa shape index (κ1) is 15.2. The average Bonchev–Trinajstić information content (AvgIpc) is 2.89. The molecular formula is C16H21N3O2. The van der Waals surface area contributed by atoms with Crippen LogP contribution in [0.15, 0.2) is 30.3 Å². The SMILES string of the molecule is CCC(CC)n1nnc(C(=O)OCc2ccccc2)c1C. The molecule has 0 unspecified atom stereocenters. The van der Waals surface area contributed by atoms with Gasteiger partial charge in [-0.15, -0.1) is 5.10 Å². The maximum Gasteiger partial charge on any atom is 0.361 e. The molecule has 0 aliphatic rings. The predicted octanol–water partition coefficient (Wildman–Crippen LogP) is 3.30. The lowest BCUT2D eigenvalue weighted by Gasteiger charge is -2.13. The van der Waals surface area contributed by atoms with Crippen LogP contribution in [-0.4, -0.2) is 21.0 Å². The molecule has 5 nitrogen and oxygen atoms in total. The molecule has 0 N–H and O–H groups in total. The van der Waals surface area contributed by atoms with Gasteiger partial charge < -0.3 is 4.74 Å². The zero-order valence-electron chi connectivity index (χ0n) is 12.7. The maximum atomic E-state index is 12.1. The fourth-order valence-corrected chi connectivity index (χ4v) is 2.30. The third kappa shape index (κ3) is 3.48. The lowest BCUT2D eigenvalue weighted by Crippen LogP contribution is -2.12. The maximum absolute atomic E-state index is 12.1. The fraction of sp³-hybridized carbons (Fsp3) is 0.438. The van der Waals surface area contributed by atoms with Crippen LogP contribution in [0.2, 0.25) is 0 Å². The Hall–Kier alpha value is -2.17. The summed E-state index contributed by atoms with van der Waals surface area (Å²) in [6.07, 6.45) is 1.92. The number of esters is 1. The van der Waals surface area contributed by atoms with Crippen molar-refractivity contribution in [1.82, 2.24) is 15.0 Å². The van der Waals surface area contributed by atoms with E-state index < -0.39 is 5.97 Å². The normalized spacial score (nSPS) is 10.9. The van der Waals surface area contributed by atoms with Gasteiger partial charge in [-0.1, -0.05) is 49.4 Å². The molecule has 0 saturated carbocycles. The number of hydrogen-bond acceptors (Lipinski definition) is 4. The molecule has 21 heavy (non-hydrogen) atoms. The van der Waals surface area contributed by atoms with Gasteiger partial charge in [0.2, 0.25) is 0 Å². The minimum atomic E-state index is -0.423. The second-order valence-electron chi connectivity index (χ2n) is 5.00. The van der Waals surface area contributed by atoms with E-state index in [9.17, 15) is 4.79 Å². The number of aromatic nitrogens is 3. The van der Waals surface area contributed by atoms with Gasteiger partial charge in [0.05, 0.1) is 11.7 Å². The highest BCUT2D eigenvalue weighted by Gasteiger charge is 2.20. The van der Waals surface area contributed by atoms with Crippen molar-refractivity contribution in [2.45, 2.75) is 46.3 Å². The Balaban J connectivity index is 2.06. The van der Waals surface area contributed by atoms with E-state index in [0.717, 1.165) is 24.1 Å². The number of benzene rings is 1. The van der Waals surface area contributed by atoms with Crippen molar-refractivity contribution in [3.05, 3.63) is 47.3 Å². The molecule has 2 rings (SSSR count). The van der Waals surface area contributed by atoms with E-state index in [1.807, 2.05) is 41.9 Å². The molecule has 0 fully saturated rings. The topological polar surface area (TPSA) is 57.0 Å². The summed E-state index contributed by atoms with van der Waals surface area (Å²) in [5.74, 6) is -0.423. The summed E-state index contributed by atoms with van der Waals surface area (Å²) in [5.41, 5.74) is 2.02. The highest BCUT2D eigenvalue weighted by molar-refractivity contribution is 5.88. The number of nitrogens with zero attached hydrogens (tertiary/aromatic N) is 3. The van der Waals surface area contributed by atoms with E-state index in [-0.39, 0.29) is 12.6 Å². The second-order valence-corrected chi connectivity index (χ2v) is 5.00. The monoisotopic (exact) mass is 287 g/mol. The molecule has 5 heteroatoms. The Bertz CT molecular complexity index is 589. The molecule has 0 radical (unpaired) electrons. The van der Waals surface area contributed by atoms with Gasteiger partial charge in [-0.25, -0.2) is 9.48 Å². The van der Waals surface area contributed by atoms with Crippen LogP contribution in [0, 0.1) is 6.92 Å². The summed E-state index contributed by atoms with van der Waals surface area (Å²) in [7, 11) is 0. The van der Waals surface area contributed by atoms with Crippen molar-refractivity contribution in [3.63, 3.8) is 0 Å². The van der Waals surface area contributed by atoms with Gasteiger partial charge in [0.1, 0.15) is 6.61 Å². The molecule has 0 aliphatic heterocycles. The Morgan fingerprint density at radius 2 is 1.90 bits per heavy atom. The van der Waals surface area contributed by atoms with Crippen LogP contribution in [0.25, 0.3) is 0 Å². The predicted molar refractivity (Wildman–Crippen MR) is 79.9 cm³/mol. The number of rotatable bonds is 6. The average molecular weight is 287 g/mol. The molecule has 0 amide bonds. The standard InChI is InChI=1S/C16H21N3O2/c1-4-14(5-2)19-12(3)15(17-18-19)16(20)21-11-13-9-7-6-8-10-13/h6-10,14H,4-5,11H2,1-3H3. The Kier molecular flexibility index (Phi) is 5.09. The van der Waals surface area contributed by atoms with Crippen LogP contribution in [-0.2, 0) is 11.3 Å². The Morgan fingerprint density at radius 3 is 2.52 bits per heavy atom. The summed E-state index contributed by atoms with van der Waals surface area (Å²) in [6, 6.07) is 9.86. The Labute approximate surface area is 124 Å². The molecule has 1 aromatic heterocycles. The first-order valence-electron chi connectivity index (χ1n) is 7.30. The number of hydrogen-bond donors (Lipinski definition) is 0. The van der Waals surface area contributed by atoms with Gasteiger partial charge in [-0.3, -0.25) is 0 Å². The summed E-state index contributed by atoms with van der Waals surface area (Å²) in [5, 5.41) is 8.08. The van der Waals surface area contributed by atoms with Crippen molar-refractivity contribution < 1.29 is 9.53 Å². The first-order chi connectivity index (χ1) is 10.2. The van der Waals surface area contributed by atoms with Crippen LogP contribution >= 0.6 is 0 Å². The van der Waals surface area contributed by atoms with Gasteiger partial charge in [-0.2, -0.15) is 0 Å². The van der Waals surface area contributed by atoms with Crippen LogP contribution in [0.3, 0.4) is 0 Å². The summed E-state index contributed by atoms with van der Waals surface area (Å²) < 4.78 is 7.12. The van der Waals surface area contributed by atoms with Crippen molar-refractivity contribution in [1.29, 1.82) is 0 Å². The van der Waals surface area contributed by atoms with Crippen LogP contribution < -0.4 is 0 Å². The fourth-order valence-electron chi connectivity index (χ4n) is 2.30. The molecule has 112 valence electrons. The van der Waals surface area contributed by atoms with Crippen molar-refractivity contribution in [2.24, 2.45) is 0 Å². The number of carbonyl (C=O) groups excluding carboxylic acids is 1. The quantitative estimate of drug-likeness (QED) is 0.765. The van der Waals surface area contributed by atoms with Crippen LogP contribution in [0.1, 0.15) is 54.5 Å². The van der Waals surface area contributed by atoms with E-state index in [1.165, 1.54) is 0 Å². The van der Waals surface area contributed by atoms with Crippen molar-refractivity contribution in [3.8, 4) is 0 Å². The van der Waals surface area contributed by atoms with E-state index in [2.05, 4.69) is 24.2 Å². The van der Waals surface area contributed by atoms with E-state index in [4.69, 9.17) is 4.74 Å². The molecule has 0 saturated heterocycles. The summed E-state index contributed by atoms with van der Waals surface area (Å²) in [6.45, 7) is 6.31. The smallest absolute Gasteiger partial charge is 0.361 e. The third-order valence-corrected chi connectivity index (χ3v) is 3.62. The van der Waals surface area contributed by atoms with Gasteiger partial charge in [0.25, 0.3) is 0 Å². The molecule has 0 spiro atoms. The van der Waals surface area contributed by atoms with E-state index in [0.29, 0.717) is 5.69 Å². The molecule has 0 aliphatic carbocycles. The van der Waals surface area contributed by atoms with Gasteiger partial charge in [0, 0.05) is 0 Å². The lowest BCUT2D eigenvalue weighted by atomic mass is 10.1. The molecule has 1 aromatic carbocycles. The zero-order chi connectivity index (χ0) is 15.2. The molecule has 0 atom stereocenters. The summed E-state index contributed by atoms with van der Waals surface area (Å²) in [4.78, 5) is 12.1.